The molecule has 0 aliphatic carbocycles. The van der Waals surface area contributed by atoms with Crippen molar-refractivity contribution in [2.45, 2.75) is 32.6 Å². The van der Waals surface area contributed by atoms with E-state index in [-0.39, 0.29) is 16.9 Å². The number of furan rings is 1. The monoisotopic (exact) mass is 546 g/mol. The number of ether oxygens (including phenoxy) is 4. The van der Waals surface area contributed by atoms with E-state index in [2.05, 4.69) is 10.6 Å². The summed E-state index contributed by atoms with van der Waals surface area (Å²) in [5, 5.41) is 7.25. The molecular weight excluding hydrogens is 512 g/mol. The van der Waals surface area contributed by atoms with Crippen LogP contribution in [0.5, 0.6) is 17.2 Å². The van der Waals surface area contributed by atoms with E-state index < -0.39 is 12.0 Å². The van der Waals surface area contributed by atoms with Crippen molar-refractivity contribution < 1.29 is 33.0 Å². The Morgan fingerprint density at radius 1 is 0.800 bits per heavy atom. The molecule has 0 aliphatic rings. The van der Waals surface area contributed by atoms with Gasteiger partial charge >= 0.3 is 12.0 Å². The van der Waals surface area contributed by atoms with Crippen LogP contribution >= 0.6 is 0 Å². The number of esters is 1. The van der Waals surface area contributed by atoms with Gasteiger partial charge in [0, 0.05) is 28.7 Å². The van der Waals surface area contributed by atoms with E-state index in [9.17, 15) is 9.59 Å². The molecule has 4 rings (SSSR count). The second-order valence-corrected chi connectivity index (χ2v) is 10.1. The molecule has 0 saturated heterocycles. The molecule has 1 aromatic heterocycles. The maximum absolute atomic E-state index is 13.0. The number of anilines is 2. The van der Waals surface area contributed by atoms with Crippen LogP contribution in [-0.2, 0) is 16.6 Å². The lowest BCUT2D eigenvalue weighted by Gasteiger charge is -2.14. The van der Waals surface area contributed by atoms with Crippen molar-refractivity contribution in [1.29, 1.82) is 0 Å². The number of benzene rings is 3. The molecule has 210 valence electrons. The number of urea groups is 1. The van der Waals surface area contributed by atoms with Crippen LogP contribution in [0.4, 0.5) is 16.2 Å². The Balaban J connectivity index is 1.49. The number of fused-ring (bicyclic) bond motifs is 1. The Bertz CT molecular complexity index is 1520. The van der Waals surface area contributed by atoms with Gasteiger partial charge in [-0.2, -0.15) is 0 Å². The highest BCUT2D eigenvalue weighted by molar-refractivity contribution is 6.09. The summed E-state index contributed by atoms with van der Waals surface area (Å²) < 4.78 is 27.4. The number of amides is 2. The van der Waals surface area contributed by atoms with Gasteiger partial charge in [-0.1, -0.05) is 51.1 Å². The summed E-state index contributed by atoms with van der Waals surface area (Å²) in [5.74, 6) is 1.84. The number of nitrogens with one attached hydrogen (secondary N) is 2. The Hall–Kier alpha value is -4.66. The van der Waals surface area contributed by atoms with E-state index >= 15 is 0 Å². The third-order valence-electron chi connectivity index (χ3n) is 6.32. The molecule has 3 aromatic carbocycles. The van der Waals surface area contributed by atoms with Gasteiger partial charge in [0.1, 0.15) is 11.5 Å². The lowest BCUT2D eigenvalue weighted by molar-refractivity contribution is 0.0563. The van der Waals surface area contributed by atoms with Gasteiger partial charge in [-0.05, 0) is 29.8 Å². The van der Waals surface area contributed by atoms with E-state index in [1.807, 2.05) is 69.3 Å². The quantitative estimate of drug-likeness (QED) is 0.222. The maximum Gasteiger partial charge on any atom is 0.376 e. The number of carbonyl (C=O) groups is 2. The molecule has 1 heterocycles. The van der Waals surface area contributed by atoms with E-state index in [0.717, 1.165) is 16.3 Å². The van der Waals surface area contributed by atoms with Crippen LogP contribution < -0.4 is 24.8 Å². The summed E-state index contributed by atoms with van der Waals surface area (Å²) >= 11 is 0. The first-order valence-corrected chi connectivity index (χ1v) is 12.8. The van der Waals surface area contributed by atoms with Crippen molar-refractivity contribution in [1.82, 2.24) is 0 Å². The summed E-state index contributed by atoms with van der Waals surface area (Å²) in [6, 6.07) is 18.1. The lowest BCUT2D eigenvalue weighted by atomic mass is 9.93. The van der Waals surface area contributed by atoms with Crippen LogP contribution in [0.2, 0.25) is 0 Å². The minimum absolute atomic E-state index is 0.0642. The Morgan fingerprint density at radius 2 is 1.48 bits per heavy atom. The minimum Gasteiger partial charge on any atom is -0.493 e. The second-order valence-electron chi connectivity index (χ2n) is 10.1. The van der Waals surface area contributed by atoms with Crippen LogP contribution in [0, 0.1) is 0 Å². The van der Waals surface area contributed by atoms with Crippen molar-refractivity contribution in [3.63, 3.8) is 0 Å². The summed E-state index contributed by atoms with van der Waals surface area (Å²) in [6.45, 7) is 6.28. The molecule has 0 radical (unpaired) electrons. The lowest BCUT2D eigenvalue weighted by Crippen LogP contribution is -2.20. The van der Waals surface area contributed by atoms with E-state index in [4.69, 9.17) is 23.4 Å². The first-order chi connectivity index (χ1) is 19.1. The molecule has 2 N–H and O–H groups in total. The Kier molecular flexibility index (Phi) is 8.52. The Labute approximate surface area is 233 Å². The van der Waals surface area contributed by atoms with Gasteiger partial charge < -0.3 is 34.0 Å². The summed E-state index contributed by atoms with van der Waals surface area (Å²) in [6.07, 6.45) is 0.668. The van der Waals surface area contributed by atoms with Crippen molar-refractivity contribution in [3.8, 4) is 17.2 Å². The van der Waals surface area contributed by atoms with Crippen molar-refractivity contribution in [2.24, 2.45) is 0 Å². The van der Waals surface area contributed by atoms with Crippen LogP contribution in [-0.4, -0.2) is 39.9 Å². The molecule has 9 nitrogen and oxygen atoms in total. The largest absolute Gasteiger partial charge is 0.493 e. The van der Waals surface area contributed by atoms with Crippen molar-refractivity contribution >= 4 is 34.1 Å². The molecule has 0 bridgehead atoms. The number of hydrogen-bond donors (Lipinski definition) is 2. The predicted octanol–water partition coefficient (Wildman–Crippen LogP) is 6.80. The molecule has 0 unspecified atom stereocenters. The third kappa shape index (κ3) is 6.31. The number of rotatable bonds is 9. The normalized spacial score (nSPS) is 11.2. The van der Waals surface area contributed by atoms with Gasteiger partial charge in [0.15, 0.2) is 11.5 Å². The topological polar surface area (TPSA) is 108 Å². The first kappa shape index (κ1) is 28.4. The maximum atomic E-state index is 13.0. The minimum atomic E-state index is -0.675. The summed E-state index contributed by atoms with van der Waals surface area (Å²) in [4.78, 5) is 25.2. The molecule has 0 saturated carbocycles. The highest BCUT2D eigenvalue weighted by Crippen LogP contribution is 2.34. The van der Waals surface area contributed by atoms with Gasteiger partial charge in [-0.3, -0.25) is 0 Å². The van der Waals surface area contributed by atoms with E-state index in [1.165, 1.54) is 7.11 Å². The van der Waals surface area contributed by atoms with Gasteiger partial charge in [0.25, 0.3) is 0 Å². The number of carbonyl (C=O) groups excluding carboxylic acids is 2. The summed E-state index contributed by atoms with van der Waals surface area (Å²) in [5.41, 5.74) is 1.50. The van der Waals surface area contributed by atoms with Gasteiger partial charge in [0.05, 0.1) is 39.3 Å². The molecule has 0 spiro atoms. The molecule has 4 aromatic rings. The average molecular weight is 547 g/mol. The Morgan fingerprint density at radius 3 is 2.15 bits per heavy atom. The van der Waals surface area contributed by atoms with Crippen LogP contribution in [0.15, 0.2) is 65.1 Å². The third-order valence-corrected chi connectivity index (χ3v) is 6.32. The average Bonchev–Trinajstić information content (AvgIpc) is 3.38. The fourth-order valence-electron chi connectivity index (χ4n) is 4.19. The van der Waals surface area contributed by atoms with Crippen LogP contribution in [0.25, 0.3) is 10.8 Å². The highest BCUT2D eigenvalue weighted by Gasteiger charge is 2.26. The number of methoxy groups -OCH3 is 3. The van der Waals surface area contributed by atoms with E-state index in [1.54, 1.807) is 26.4 Å². The molecular formula is C31H34N2O7. The van der Waals surface area contributed by atoms with Crippen molar-refractivity contribution in [3.05, 3.63) is 77.7 Å². The zero-order valence-corrected chi connectivity index (χ0v) is 23.5. The zero-order chi connectivity index (χ0) is 28.9. The fraction of sp³-hybridized carbons (Fsp3) is 0.290. The zero-order valence-electron chi connectivity index (χ0n) is 23.5. The SMILES string of the molecule is COC(=O)c1oc(C(C)(C)C)cc1NC(=O)Nc1ccc(OCCc2ccc(OC)c(OC)c2)c2ccccc12. The van der Waals surface area contributed by atoms with Crippen LogP contribution in [0.1, 0.15) is 42.6 Å². The molecule has 0 aliphatic heterocycles. The predicted molar refractivity (Wildman–Crippen MR) is 154 cm³/mol. The van der Waals surface area contributed by atoms with Gasteiger partial charge in [0.2, 0.25) is 5.76 Å². The van der Waals surface area contributed by atoms with Crippen LogP contribution in [0.3, 0.4) is 0 Å². The molecule has 9 heteroatoms. The molecule has 40 heavy (non-hydrogen) atoms. The van der Waals surface area contributed by atoms with E-state index in [0.29, 0.717) is 41.7 Å². The van der Waals surface area contributed by atoms with Gasteiger partial charge in [-0.15, -0.1) is 0 Å². The number of hydrogen-bond acceptors (Lipinski definition) is 7. The highest BCUT2D eigenvalue weighted by atomic mass is 16.5. The smallest absolute Gasteiger partial charge is 0.376 e. The second kappa shape index (κ2) is 12.0. The first-order valence-electron chi connectivity index (χ1n) is 12.8. The fourth-order valence-corrected chi connectivity index (χ4v) is 4.19. The van der Waals surface area contributed by atoms with Crippen molar-refractivity contribution in [2.75, 3.05) is 38.6 Å². The molecule has 0 atom stereocenters. The standard InChI is InChI=1S/C31H34N2O7/c1-31(2,3)27-18-23(28(40-27)29(34)38-6)33-30(35)32-22-12-14-24(21-10-8-7-9-20(21)22)39-16-15-19-11-13-25(36-4)26(17-19)37-5/h7-14,17-18H,15-16H2,1-6H3,(H2,32,33,35). The van der Waals surface area contributed by atoms with Gasteiger partial charge in [-0.25, -0.2) is 9.59 Å². The molecule has 0 fully saturated rings. The summed E-state index contributed by atoms with van der Waals surface area (Å²) in [7, 11) is 4.47. The molecule has 2 amide bonds.